The van der Waals surface area contributed by atoms with E-state index in [9.17, 15) is 4.79 Å². The molecule has 5 nitrogen and oxygen atoms in total. The topological polar surface area (TPSA) is 67.2 Å². The van der Waals surface area contributed by atoms with Crippen molar-refractivity contribution in [2.75, 3.05) is 16.9 Å². The first-order valence-electron chi connectivity index (χ1n) is 10.2. The molecule has 1 amide bonds. The van der Waals surface area contributed by atoms with Crippen LogP contribution in [-0.2, 0) is 0 Å². The second kappa shape index (κ2) is 9.63. The highest BCUT2D eigenvalue weighted by Gasteiger charge is 2.25. The Balaban J connectivity index is 1.78. The molecule has 0 saturated heterocycles. The average molecular weight is 464 g/mol. The summed E-state index contributed by atoms with van der Waals surface area (Å²) in [6.07, 6.45) is 5.37. The van der Waals surface area contributed by atoms with Gasteiger partial charge in [0.15, 0.2) is 5.76 Å². The highest BCUT2D eigenvalue weighted by molar-refractivity contribution is 7.98. The Morgan fingerprint density at radius 2 is 1.91 bits per heavy atom. The normalized spacial score (nSPS) is 11.9. The Labute approximate surface area is 196 Å². The lowest BCUT2D eigenvalue weighted by Gasteiger charge is -2.22. The number of aromatic nitrogens is 1. The van der Waals surface area contributed by atoms with Crippen LogP contribution in [0, 0.1) is 20.8 Å². The molecule has 0 fully saturated rings. The van der Waals surface area contributed by atoms with Crippen molar-refractivity contribution >= 4 is 39.8 Å². The van der Waals surface area contributed by atoms with Crippen LogP contribution < -0.4 is 10.6 Å². The number of hydrogen-bond donors (Lipinski definition) is 2. The van der Waals surface area contributed by atoms with E-state index in [0.717, 1.165) is 37.9 Å². The number of rotatable bonds is 7. The molecule has 0 aliphatic heterocycles. The molecule has 0 aliphatic rings. The van der Waals surface area contributed by atoms with Crippen molar-refractivity contribution in [3.05, 3.63) is 93.9 Å². The van der Waals surface area contributed by atoms with Gasteiger partial charge in [0.1, 0.15) is 10.8 Å². The number of aryl methyl sites for hydroxylation is 2. The third kappa shape index (κ3) is 4.74. The van der Waals surface area contributed by atoms with E-state index in [0.29, 0.717) is 0 Å². The molecule has 2 N–H and O–H groups in total. The van der Waals surface area contributed by atoms with Crippen molar-refractivity contribution in [1.29, 1.82) is 0 Å². The Bertz CT molecular complexity index is 1210. The second-order valence-corrected chi connectivity index (χ2v) is 9.63. The van der Waals surface area contributed by atoms with Crippen LogP contribution in [0.5, 0.6) is 0 Å². The van der Waals surface area contributed by atoms with E-state index in [1.807, 2.05) is 19.1 Å². The van der Waals surface area contributed by atoms with Crippen molar-refractivity contribution in [3.63, 3.8) is 0 Å². The molecular formula is C25H25N3O2S2. The Hall–Kier alpha value is -3.03. The molecule has 4 aromatic rings. The summed E-state index contributed by atoms with van der Waals surface area (Å²) >= 11 is 3.28. The number of thiophene rings is 1. The molecule has 0 spiro atoms. The van der Waals surface area contributed by atoms with Gasteiger partial charge >= 0.3 is 0 Å². The second-order valence-electron chi connectivity index (χ2n) is 7.53. The van der Waals surface area contributed by atoms with E-state index in [1.54, 1.807) is 41.4 Å². The quantitative estimate of drug-likeness (QED) is 0.294. The average Bonchev–Trinajstić information content (AvgIpc) is 3.42. The minimum atomic E-state index is -0.261. The van der Waals surface area contributed by atoms with Crippen LogP contribution in [0.2, 0.25) is 0 Å². The first-order chi connectivity index (χ1) is 15.5. The maximum atomic E-state index is 12.8. The molecule has 0 unspecified atom stereocenters. The van der Waals surface area contributed by atoms with Crippen LogP contribution in [0.1, 0.15) is 43.7 Å². The van der Waals surface area contributed by atoms with E-state index < -0.39 is 0 Å². The Kier molecular flexibility index (Phi) is 6.67. The molecule has 32 heavy (non-hydrogen) atoms. The standard InChI is InChI=1S/C25H25N3O2S2/c1-15-11-12-26-21(14-15)27-23(18-7-9-19(31-4)10-8-18)22-16(2)17(3)32-25(22)28-24(29)20-6-5-13-30-20/h5-14,23H,1-4H3,(H,26,27)(H,28,29)/t23-/m1/s1. The predicted octanol–water partition coefficient (Wildman–Crippen LogP) is 6.84. The summed E-state index contributed by atoms with van der Waals surface area (Å²) in [5.41, 5.74) is 4.40. The van der Waals surface area contributed by atoms with Gasteiger partial charge in [0.05, 0.1) is 12.3 Å². The summed E-state index contributed by atoms with van der Waals surface area (Å²) in [6.45, 7) is 6.22. The van der Waals surface area contributed by atoms with Gasteiger partial charge in [0, 0.05) is 21.5 Å². The Morgan fingerprint density at radius 3 is 2.56 bits per heavy atom. The summed E-state index contributed by atoms with van der Waals surface area (Å²) in [4.78, 5) is 19.6. The van der Waals surface area contributed by atoms with Crippen molar-refractivity contribution in [2.24, 2.45) is 0 Å². The zero-order chi connectivity index (χ0) is 22.7. The largest absolute Gasteiger partial charge is 0.459 e. The van der Waals surface area contributed by atoms with E-state index in [1.165, 1.54) is 11.2 Å². The Morgan fingerprint density at radius 1 is 1.12 bits per heavy atom. The minimum Gasteiger partial charge on any atom is -0.459 e. The number of hydrogen-bond acceptors (Lipinski definition) is 6. The molecule has 3 heterocycles. The van der Waals surface area contributed by atoms with Gasteiger partial charge in [-0.25, -0.2) is 4.98 Å². The number of anilines is 2. The summed E-state index contributed by atoms with van der Waals surface area (Å²) < 4.78 is 5.29. The number of benzene rings is 1. The van der Waals surface area contributed by atoms with Crippen molar-refractivity contribution < 1.29 is 9.21 Å². The molecule has 0 bridgehead atoms. The lowest BCUT2D eigenvalue weighted by Crippen LogP contribution is -2.17. The number of thioether (sulfide) groups is 1. The predicted molar refractivity (Wildman–Crippen MR) is 133 cm³/mol. The zero-order valence-electron chi connectivity index (χ0n) is 18.4. The van der Waals surface area contributed by atoms with Gasteiger partial charge in [-0.2, -0.15) is 0 Å². The molecule has 164 valence electrons. The first-order valence-corrected chi connectivity index (χ1v) is 12.3. The fourth-order valence-corrected chi connectivity index (χ4v) is 5.04. The van der Waals surface area contributed by atoms with Crippen LogP contribution in [0.15, 0.2) is 70.3 Å². The molecule has 1 aromatic carbocycles. The lowest BCUT2D eigenvalue weighted by atomic mass is 9.96. The summed E-state index contributed by atoms with van der Waals surface area (Å²) in [5.74, 6) is 0.812. The lowest BCUT2D eigenvalue weighted by molar-refractivity contribution is 0.0997. The van der Waals surface area contributed by atoms with Crippen molar-refractivity contribution in [2.45, 2.75) is 31.7 Å². The minimum absolute atomic E-state index is 0.183. The van der Waals surface area contributed by atoms with Gasteiger partial charge in [0.25, 0.3) is 5.91 Å². The monoisotopic (exact) mass is 463 g/mol. The van der Waals surface area contributed by atoms with Gasteiger partial charge in [0.2, 0.25) is 0 Å². The SMILES string of the molecule is CSc1ccc([C@@H](Nc2cc(C)ccn2)c2c(NC(=O)c3ccco3)sc(C)c2C)cc1. The van der Waals surface area contributed by atoms with E-state index >= 15 is 0 Å². The highest BCUT2D eigenvalue weighted by atomic mass is 32.2. The summed E-state index contributed by atoms with van der Waals surface area (Å²) in [7, 11) is 0. The molecule has 0 aliphatic carbocycles. The van der Waals surface area contributed by atoms with E-state index in [4.69, 9.17) is 4.42 Å². The van der Waals surface area contributed by atoms with Crippen LogP contribution >= 0.6 is 23.1 Å². The van der Waals surface area contributed by atoms with Crippen LogP contribution in [0.25, 0.3) is 0 Å². The van der Waals surface area contributed by atoms with Crippen LogP contribution in [-0.4, -0.2) is 17.1 Å². The maximum absolute atomic E-state index is 12.8. The maximum Gasteiger partial charge on any atom is 0.291 e. The van der Waals surface area contributed by atoms with Crippen LogP contribution in [0.3, 0.4) is 0 Å². The number of nitrogens with zero attached hydrogens (tertiary/aromatic N) is 1. The fourth-order valence-electron chi connectivity index (χ4n) is 3.54. The number of nitrogens with one attached hydrogen (secondary N) is 2. The number of carbonyl (C=O) groups is 1. The van der Waals surface area contributed by atoms with Gasteiger partial charge in [-0.05, 0) is 80.1 Å². The number of pyridine rings is 1. The summed E-state index contributed by atoms with van der Waals surface area (Å²) in [6, 6.07) is 15.7. The zero-order valence-corrected chi connectivity index (χ0v) is 20.1. The van der Waals surface area contributed by atoms with Gasteiger partial charge in [-0.15, -0.1) is 23.1 Å². The van der Waals surface area contributed by atoms with Gasteiger partial charge < -0.3 is 15.1 Å². The first kappa shape index (κ1) is 22.2. The number of furan rings is 1. The van der Waals surface area contributed by atoms with Crippen molar-refractivity contribution in [1.82, 2.24) is 4.98 Å². The molecule has 4 rings (SSSR count). The summed E-state index contributed by atoms with van der Waals surface area (Å²) in [5, 5.41) is 7.48. The molecule has 0 radical (unpaired) electrons. The molecule has 3 aromatic heterocycles. The smallest absolute Gasteiger partial charge is 0.291 e. The molecule has 7 heteroatoms. The third-order valence-electron chi connectivity index (χ3n) is 5.35. The van der Waals surface area contributed by atoms with Gasteiger partial charge in [-0.3, -0.25) is 4.79 Å². The van der Waals surface area contributed by atoms with E-state index in [-0.39, 0.29) is 17.7 Å². The number of amides is 1. The highest BCUT2D eigenvalue weighted by Crippen LogP contribution is 2.41. The molecule has 1 atom stereocenters. The molecule has 0 saturated carbocycles. The van der Waals surface area contributed by atoms with E-state index in [2.05, 4.69) is 60.0 Å². The van der Waals surface area contributed by atoms with Crippen LogP contribution in [0.4, 0.5) is 10.8 Å². The molecular weight excluding hydrogens is 438 g/mol. The fraction of sp³-hybridized carbons (Fsp3) is 0.200. The van der Waals surface area contributed by atoms with Crippen molar-refractivity contribution in [3.8, 4) is 0 Å². The number of carbonyl (C=O) groups excluding carboxylic acids is 1. The van der Waals surface area contributed by atoms with Gasteiger partial charge in [-0.1, -0.05) is 12.1 Å². The third-order valence-corrected chi connectivity index (χ3v) is 7.23.